The molecule has 0 saturated carbocycles. The third kappa shape index (κ3) is 1.81. The second-order valence-corrected chi connectivity index (χ2v) is 4.14. The van der Waals surface area contributed by atoms with Gasteiger partial charge in [-0.05, 0) is 39.1 Å². The Hall–Kier alpha value is -0.860. The van der Waals surface area contributed by atoms with Gasteiger partial charge in [0.05, 0.1) is 12.1 Å². The van der Waals surface area contributed by atoms with Crippen LogP contribution in [-0.4, -0.2) is 30.7 Å². The topological polar surface area (TPSA) is 23.5 Å². The molecule has 1 unspecified atom stereocenters. The van der Waals surface area contributed by atoms with Crippen LogP contribution in [0.15, 0.2) is 24.3 Å². The number of hydrogen-bond acceptors (Lipinski definition) is 2. The van der Waals surface area contributed by atoms with Crippen LogP contribution in [0, 0.1) is 6.92 Å². The van der Waals surface area contributed by atoms with Crippen molar-refractivity contribution in [1.29, 1.82) is 0 Å². The van der Waals surface area contributed by atoms with Gasteiger partial charge < -0.3 is 5.11 Å². The molecule has 0 saturated heterocycles. The van der Waals surface area contributed by atoms with E-state index in [2.05, 4.69) is 30.9 Å². The number of likely N-dealkylation sites (N-methyl/N-ethyl adjacent to an activating group) is 1. The lowest BCUT2D eigenvalue weighted by atomic mass is 9.88. The minimum atomic E-state index is -0.286. The van der Waals surface area contributed by atoms with E-state index in [0.29, 0.717) is 0 Å². The molecular weight excluding hydrogens is 174 g/mol. The Morgan fingerprint density at radius 3 is 2.29 bits per heavy atom. The molecule has 0 heterocycles. The van der Waals surface area contributed by atoms with E-state index in [1.807, 2.05) is 26.2 Å². The predicted octanol–water partition coefficient (Wildman–Crippen LogP) is 1.76. The summed E-state index contributed by atoms with van der Waals surface area (Å²) in [5.74, 6) is 0. The molecule has 0 spiro atoms. The third-order valence-corrected chi connectivity index (χ3v) is 3.02. The van der Waals surface area contributed by atoms with Crippen molar-refractivity contribution in [3.8, 4) is 0 Å². The maximum atomic E-state index is 9.49. The van der Waals surface area contributed by atoms with Gasteiger partial charge in [-0.3, -0.25) is 4.90 Å². The summed E-state index contributed by atoms with van der Waals surface area (Å²) in [7, 11) is 3.98. The smallest absolute Gasteiger partial charge is 0.0663 e. The quantitative estimate of drug-likeness (QED) is 0.790. The Bertz CT molecular complexity index is 309. The van der Waals surface area contributed by atoms with E-state index >= 15 is 0 Å². The van der Waals surface area contributed by atoms with Crippen LogP contribution >= 0.6 is 0 Å². The van der Waals surface area contributed by atoms with Crippen molar-refractivity contribution < 1.29 is 5.11 Å². The van der Waals surface area contributed by atoms with Crippen LogP contribution in [0.3, 0.4) is 0 Å². The molecule has 0 radical (unpaired) electrons. The normalized spacial score (nSPS) is 15.6. The van der Waals surface area contributed by atoms with Crippen LogP contribution in [0.25, 0.3) is 0 Å². The number of aliphatic hydroxyl groups is 1. The standard InChI is InChI=1S/C12H19NO/c1-10-7-5-6-8-11(10)12(2,9-14)13(3)4/h5-8,14H,9H2,1-4H3. The van der Waals surface area contributed by atoms with Gasteiger partial charge >= 0.3 is 0 Å². The van der Waals surface area contributed by atoms with Gasteiger partial charge in [-0.25, -0.2) is 0 Å². The Morgan fingerprint density at radius 1 is 1.29 bits per heavy atom. The summed E-state index contributed by atoms with van der Waals surface area (Å²) in [6.45, 7) is 4.26. The second kappa shape index (κ2) is 4.11. The number of aryl methyl sites for hydroxylation is 1. The molecule has 0 aliphatic carbocycles. The molecule has 0 amide bonds. The lowest BCUT2D eigenvalue weighted by Crippen LogP contribution is -2.42. The SMILES string of the molecule is Cc1ccccc1C(C)(CO)N(C)C. The highest BCUT2D eigenvalue weighted by molar-refractivity contribution is 5.32. The van der Waals surface area contributed by atoms with Gasteiger partial charge in [0.1, 0.15) is 0 Å². The first-order chi connectivity index (χ1) is 6.52. The third-order valence-electron chi connectivity index (χ3n) is 3.02. The van der Waals surface area contributed by atoms with E-state index in [9.17, 15) is 5.11 Å². The highest BCUT2D eigenvalue weighted by Gasteiger charge is 2.29. The van der Waals surface area contributed by atoms with Crippen molar-refractivity contribution in [3.05, 3.63) is 35.4 Å². The zero-order valence-corrected chi connectivity index (χ0v) is 9.41. The molecule has 0 aliphatic heterocycles. The van der Waals surface area contributed by atoms with Gasteiger partial charge in [-0.2, -0.15) is 0 Å². The van der Waals surface area contributed by atoms with Crippen molar-refractivity contribution >= 4 is 0 Å². The number of hydrogen-bond donors (Lipinski definition) is 1. The van der Waals surface area contributed by atoms with E-state index in [1.54, 1.807) is 0 Å². The number of rotatable bonds is 3. The van der Waals surface area contributed by atoms with Crippen molar-refractivity contribution in [3.63, 3.8) is 0 Å². The summed E-state index contributed by atoms with van der Waals surface area (Å²) in [5, 5.41) is 9.49. The van der Waals surface area contributed by atoms with Crippen LogP contribution in [0.5, 0.6) is 0 Å². The van der Waals surface area contributed by atoms with Gasteiger partial charge in [0, 0.05) is 0 Å². The molecule has 1 aromatic carbocycles. The van der Waals surface area contributed by atoms with Gasteiger partial charge in [-0.1, -0.05) is 24.3 Å². The Labute approximate surface area is 86.2 Å². The first kappa shape index (κ1) is 11.2. The minimum absolute atomic E-state index is 0.130. The molecule has 1 rings (SSSR count). The molecule has 0 fully saturated rings. The Kier molecular flexibility index (Phi) is 3.29. The molecule has 0 aromatic heterocycles. The first-order valence-electron chi connectivity index (χ1n) is 4.87. The number of aliphatic hydroxyl groups excluding tert-OH is 1. The van der Waals surface area contributed by atoms with E-state index in [0.717, 1.165) is 0 Å². The molecule has 0 aliphatic rings. The molecule has 2 heteroatoms. The molecular formula is C12H19NO. The zero-order chi connectivity index (χ0) is 10.8. The monoisotopic (exact) mass is 193 g/mol. The largest absolute Gasteiger partial charge is 0.394 e. The van der Waals surface area contributed by atoms with Crippen LogP contribution in [0.2, 0.25) is 0 Å². The number of nitrogens with zero attached hydrogens (tertiary/aromatic N) is 1. The molecule has 1 atom stereocenters. The highest BCUT2D eigenvalue weighted by atomic mass is 16.3. The van der Waals surface area contributed by atoms with Gasteiger partial charge in [0.2, 0.25) is 0 Å². The fraction of sp³-hybridized carbons (Fsp3) is 0.500. The molecule has 1 N–H and O–H groups in total. The Morgan fingerprint density at radius 2 is 1.86 bits per heavy atom. The van der Waals surface area contributed by atoms with Gasteiger partial charge in [0.25, 0.3) is 0 Å². The lowest BCUT2D eigenvalue weighted by Gasteiger charge is -2.36. The van der Waals surface area contributed by atoms with E-state index in [4.69, 9.17) is 0 Å². The van der Waals surface area contributed by atoms with Crippen molar-refractivity contribution in [2.45, 2.75) is 19.4 Å². The minimum Gasteiger partial charge on any atom is -0.394 e. The summed E-state index contributed by atoms with van der Waals surface area (Å²) >= 11 is 0. The summed E-state index contributed by atoms with van der Waals surface area (Å²) in [5.41, 5.74) is 2.12. The molecule has 78 valence electrons. The molecule has 14 heavy (non-hydrogen) atoms. The molecule has 1 aromatic rings. The van der Waals surface area contributed by atoms with Crippen LogP contribution in [-0.2, 0) is 5.54 Å². The van der Waals surface area contributed by atoms with E-state index in [-0.39, 0.29) is 12.1 Å². The van der Waals surface area contributed by atoms with Crippen molar-refractivity contribution in [2.75, 3.05) is 20.7 Å². The van der Waals surface area contributed by atoms with Crippen LogP contribution < -0.4 is 0 Å². The van der Waals surface area contributed by atoms with E-state index in [1.165, 1.54) is 11.1 Å². The molecule has 0 bridgehead atoms. The van der Waals surface area contributed by atoms with Crippen molar-refractivity contribution in [1.82, 2.24) is 4.90 Å². The fourth-order valence-electron chi connectivity index (χ4n) is 1.64. The maximum Gasteiger partial charge on any atom is 0.0663 e. The average molecular weight is 193 g/mol. The summed E-state index contributed by atoms with van der Waals surface area (Å²) in [6, 6.07) is 8.18. The second-order valence-electron chi connectivity index (χ2n) is 4.14. The van der Waals surface area contributed by atoms with Crippen molar-refractivity contribution in [2.24, 2.45) is 0 Å². The zero-order valence-electron chi connectivity index (χ0n) is 9.41. The summed E-state index contributed by atoms with van der Waals surface area (Å²) in [6.07, 6.45) is 0. The maximum absolute atomic E-state index is 9.49. The van der Waals surface area contributed by atoms with E-state index < -0.39 is 0 Å². The van der Waals surface area contributed by atoms with Crippen LogP contribution in [0.1, 0.15) is 18.1 Å². The number of benzene rings is 1. The average Bonchev–Trinajstić information content (AvgIpc) is 2.17. The highest BCUT2D eigenvalue weighted by Crippen LogP contribution is 2.27. The van der Waals surface area contributed by atoms with Gasteiger partial charge in [0.15, 0.2) is 0 Å². The van der Waals surface area contributed by atoms with Crippen LogP contribution in [0.4, 0.5) is 0 Å². The predicted molar refractivity (Wildman–Crippen MR) is 59.3 cm³/mol. The van der Waals surface area contributed by atoms with Gasteiger partial charge in [-0.15, -0.1) is 0 Å². The lowest BCUT2D eigenvalue weighted by molar-refractivity contribution is 0.0821. The summed E-state index contributed by atoms with van der Waals surface area (Å²) in [4.78, 5) is 2.05. The summed E-state index contributed by atoms with van der Waals surface area (Å²) < 4.78 is 0. The molecule has 2 nitrogen and oxygen atoms in total. The first-order valence-corrected chi connectivity index (χ1v) is 4.87. The fourth-order valence-corrected chi connectivity index (χ4v) is 1.64. The Balaban J connectivity index is 3.19.